The lowest BCUT2D eigenvalue weighted by Gasteiger charge is -2.10. The van der Waals surface area contributed by atoms with Gasteiger partial charge in [0.1, 0.15) is 0 Å². The maximum Gasteiger partial charge on any atom is 0.249 e. The fourth-order valence-electron chi connectivity index (χ4n) is 2.26. The molecule has 0 aliphatic rings. The van der Waals surface area contributed by atoms with Crippen LogP contribution in [0.2, 0.25) is 0 Å². The van der Waals surface area contributed by atoms with E-state index in [0.717, 1.165) is 36.8 Å². The Morgan fingerprint density at radius 3 is 2.48 bits per heavy atom. The van der Waals surface area contributed by atoms with Gasteiger partial charge in [0.2, 0.25) is 5.91 Å². The molecule has 0 saturated carbocycles. The fourth-order valence-corrected chi connectivity index (χ4v) is 2.26. The monoisotopic (exact) mass is 309 g/mol. The summed E-state index contributed by atoms with van der Waals surface area (Å²) in [7, 11) is 0. The zero-order valence-electron chi connectivity index (χ0n) is 14.2. The van der Waals surface area contributed by atoms with Crippen molar-refractivity contribution in [2.24, 2.45) is 5.73 Å². The standard InChI is InChI=1S/C21H27NO/c1-3-5-7-8-9-10-11-15-18(14-6-4-2)19-16-12-13-17-20(19)21(22)23/h3,5,8-13,15-17H,4,6-7,14H2,1-2H3,(H2,22,23)/b5-3+,9-8+,11-10+,18-15+. The predicted molar refractivity (Wildman–Crippen MR) is 100 cm³/mol. The van der Waals surface area contributed by atoms with Crippen molar-refractivity contribution in [3.63, 3.8) is 0 Å². The van der Waals surface area contributed by atoms with Gasteiger partial charge in [0, 0.05) is 5.56 Å². The molecule has 0 atom stereocenters. The van der Waals surface area contributed by atoms with Crippen LogP contribution >= 0.6 is 0 Å². The van der Waals surface area contributed by atoms with Crippen molar-refractivity contribution in [3.8, 4) is 0 Å². The molecule has 2 N–H and O–H groups in total. The Labute approximate surface area is 140 Å². The number of carbonyl (C=O) groups excluding carboxylic acids is 1. The highest BCUT2D eigenvalue weighted by Crippen LogP contribution is 2.24. The molecule has 0 radical (unpaired) electrons. The number of benzene rings is 1. The van der Waals surface area contributed by atoms with E-state index in [1.54, 1.807) is 6.07 Å². The quantitative estimate of drug-likeness (QED) is 0.479. The van der Waals surface area contributed by atoms with E-state index < -0.39 is 0 Å². The first-order valence-electron chi connectivity index (χ1n) is 8.23. The van der Waals surface area contributed by atoms with E-state index >= 15 is 0 Å². The molecule has 1 aromatic rings. The number of hydrogen-bond donors (Lipinski definition) is 1. The molecule has 0 heterocycles. The summed E-state index contributed by atoms with van der Waals surface area (Å²) in [6, 6.07) is 7.55. The third-order valence-corrected chi connectivity index (χ3v) is 3.50. The van der Waals surface area contributed by atoms with E-state index in [1.165, 1.54) is 0 Å². The van der Waals surface area contributed by atoms with Gasteiger partial charge < -0.3 is 5.73 Å². The van der Waals surface area contributed by atoms with Crippen LogP contribution in [0.25, 0.3) is 5.57 Å². The minimum absolute atomic E-state index is 0.377. The summed E-state index contributed by atoms with van der Waals surface area (Å²) >= 11 is 0. The number of carbonyl (C=O) groups is 1. The maximum atomic E-state index is 11.6. The molecule has 2 nitrogen and oxygen atoms in total. The van der Waals surface area contributed by atoms with Crippen molar-refractivity contribution in [2.75, 3.05) is 0 Å². The van der Waals surface area contributed by atoms with Gasteiger partial charge in [-0.15, -0.1) is 0 Å². The molecule has 0 bridgehead atoms. The summed E-state index contributed by atoms with van der Waals surface area (Å²) in [5, 5.41) is 0. The summed E-state index contributed by atoms with van der Waals surface area (Å²) in [6.45, 7) is 4.18. The van der Waals surface area contributed by atoms with Crippen LogP contribution in [0.15, 0.2) is 66.8 Å². The predicted octanol–water partition coefficient (Wildman–Crippen LogP) is 5.44. The van der Waals surface area contributed by atoms with Crippen molar-refractivity contribution in [1.29, 1.82) is 0 Å². The molecule has 0 unspecified atom stereocenters. The van der Waals surface area contributed by atoms with Gasteiger partial charge in [0.25, 0.3) is 0 Å². The van der Waals surface area contributed by atoms with Crippen LogP contribution in [0.5, 0.6) is 0 Å². The second-order valence-electron chi connectivity index (χ2n) is 5.32. The van der Waals surface area contributed by atoms with Gasteiger partial charge in [-0.2, -0.15) is 0 Å². The molecular formula is C21H27NO. The van der Waals surface area contributed by atoms with Crippen molar-refractivity contribution < 1.29 is 4.79 Å². The molecule has 0 fully saturated rings. The fraction of sp³-hybridized carbons (Fsp3) is 0.286. The molecule has 1 aromatic carbocycles. The van der Waals surface area contributed by atoms with Crippen LogP contribution in [-0.4, -0.2) is 5.91 Å². The molecule has 1 amide bonds. The van der Waals surface area contributed by atoms with E-state index in [9.17, 15) is 4.79 Å². The van der Waals surface area contributed by atoms with Gasteiger partial charge in [-0.25, -0.2) is 0 Å². The molecule has 2 heteroatoms. The van der Waals surface area contributed by atoms with Gasteiger partial charge in [-0.3, -0.25) is 4.79 Å². The number of nitrogens with two attached hydrogens (primary N) is 1. The lowest BCUT2D eigenvalue weighted by molar-refractivity contribution is 0.1000. The Morgan fingerprint density at radius 2 is 1.83 bits per heavy atom. The lowest BCUT2D eigenvalue weighted by Crippen LogP contribution is -2.13. The third-order valence-electron chi connectivity index (χ3n) is 3.50. The summed E-state index contributed by atoms with van der Waals surface area (Å²) in [5.41, 5.74) is 8.18. The van der Waals surface area contributed by atoms with Gasteiger partial charge >= 0.3 is 0 Å². The van der Waals surface area contributed by atoms with Crippen LogP contribution in [0, 0.1) is 0 Å². The second-order valence-corrected chi connectivity index (χ2v) is 5.32. The first-order chi connectivity index (χ1) is 11.2. The van der Waals surface area contributed by atoms with Gasteiger partial charge in [0.05, 0.1) is 0 Å². The minimum Gasteiger partial charge on any atom is -0.366 e. The normalized spacial score (nSPS) is 12.7. The average Bonchev–Trinajstić information content (AvgIpc) is 2.56. The number of allylic oxidation sites excluding steroid dienone is 8. The molecule has 122 valence electrons. The number of amides is 1. The zero-order chi connectivity index (χ0) is 16.9. The molecular weight excluding hydrogens is 282 g/mol. The van der Waals surface area contributed by atoms with E-state index in [4.69, 9.17) is 5.73 Å². The molecule has 0 aromatic heterocycles. The summed E-state index contributed by atoms with van der Waals surface area (Å²) in [6.07, 6.45) is 18.5. The van der Waals surface area contributed by atoms with Crippen molar-refractivity contribution in [3.05, 3.63) is 77.9 Å². The van der Waals surface area contributed by atoms with Crippen molar-refractivity contribution in [1.82, 2.24) is 0 Å². The Morgan fingerprint density at radius 1 is 1.09 bits per heavy atom. The summed E-state index contributed by atoms with van der Waals surface area (Å²) in [5.74, 6) is -0.377. The number of hydrogen-bond acceptors (Lipinski definition) is 1. The van der Waals surface area contributed by atoms with Crippen LogP contribution in [0.1, 0.15) is 55.5 Å². The summed E-state index contributed by atoms with van der Waals surface area (Å²) in [4.78, 5) is 11.6. The molecule has 0 aliphatic heterocycles. The number of rotatable bonds is 9. The minimum atomic E-state index is -0.377. The van der Waals surface area contributed by atoms with Crippen molar-refractivity contribution in [2.45, 2.75) is 39.5 Å². The van der Waals surface area contributed by atoms with Crippen LogP contribution in [-0.2, 0) is 0 Å². The second kappa shape index (κ2) is 11.2. The van der Waals surface area contributed by atoms with Crippen LogP contribution in [0.4, 0.5) is 0 Å². The summed E-state index contributed by atoms with van der Waals surface area (Å²) < 4.78 is 0. The average molecular weight is 309 g/mol. The Balaban J connectivity index is 2.96. The van der Waals surface area contributed by atoms with Crippen LogP contribution < -0.4 is 5.73 Å². The van der Waals surface area contributed by atoms with Gasteiger partial charge in [0.15, 0.2) is 0 Å². The van der Waals surface area contributed by atoms with Crippen LogP contribution in [0.3, 0.4) is 0 Å². The van der Waals surface area contributed by atoms with E-state index in [2.05, 4.69) is 25.2 Å². The Bertz CT molecular complexity index is 606. The lowest BCUT2D eigenvalue weighted by atomic mass is 9.95. The van der Waals surface area contributed by atoms with E-state index in [-0.39, 0.29) is 5.91 Å². The maximum absolute atomic E-state index is 11.6. The van der Waals surface area contributed by atoms with E-state index in [1.807, 2.05) is 49.4 Å². The zero-order valence-corrected chi connectivity index (χ0v) is 14.2. The van der Waals surface area contributed by atoms with Crippen molar-refractivity contribution >= 4 is 11.5 Å². The Kier molecular flexibility index (Phi) is 9.14. The third kappa shape index (κ3) is 6.96. The smallest absolute Gasteiger partial charge is 0.249 e. The number of unbranched alkanes of at least 4 members (excludes halogenated alkanes) is 1. The molecule has 23 heavy (non-hydrogen) atoms. The topological polar surface area (TPSA) is 43.1 Å². The molecule has 0 spiro atoms. The van der Waals surface area contributed by atoms with E-state index in [0.29, 0.717) is 5.56 Å². The first-order valence-corrected chi connectivity index (χ1v) is 8.23. The number of primary amides is 1. The molecule has 0 aliphatic carbocycles. The van der Waals surface area contributed by atoms with Gasteiger partial charge in [-0.1, -0.05) is 74.1 Å². The van der Waals surface area contributed by atoms with Gasteiger partial charge in [-0.05, 0) is 43.4 Å². The Hall–Kier alpha value is -2.35. The largest absolute Gasteiger partial charge is 0.366 e. The molecule has 0 saturated heterocycles. The molecule has 1 rings (SSSR count). The SMILES string of the molecule is C/C=C/C/C=C/C=C/C=C(\CCCC)c1ccccc1C(N)=O. The highest BCUT2D eigenvalue weighted by molar-refractivity contribution is 5.98. The first kappa shape index (κ1) is 18.7. The highest BCUT2D eigenvalue weighted by Gasteiger charge is 2.10. The highest BCUT2D eigenvalue weighted by atomic mass is 16.1.